The molecule has 1 aromatic carbocycles. The standard InChI is InChI=1S/C13H13F2N3/c1-8-2-3-9(6-11(8)15)13(18-16)12-5-4-10(14)7-17-12/h2-7,13,18H,16H2,1H3. The van der Waals surface area contributed by atoms with Crippen molar-refractivity contribution in [3.8, 4) is 0 Å². The van der Waals surface area contributed by atoms with E-state index in [1.807, 2.05) is 0 Å². The summed E-state index contributed by atoms with van der Waals surface area (Å²) in [5.41, 5.74) is 4.27. The molecule has 0 amide bonds. The highest BCUT2D eigenvalue weighted by atomic mass is 19.1. The van der Waals surface area contributed by atoms with Gasteiger partial charge < -0.3 is 0 Å². The van der Waals surface area contributed by atoms with Crippen molar-refractivity contribution < 1.29 is 8.78 Å². The number of rotatable bonds is 3. The van der Waals surface area contributed by atoms with Gasteiger partial charge in [-0.2, -0.15) is 0 Å². The first kappa shape index (κ1) is 12.6. The van der Waals surface area contributed by atoms with E-state index in [9.17, 15) is 8.78 Å². The van der Waals surface area contributed by atoms with Crippen LogP contribution in [0.5, 0.6) is 0 Å². The fraction of sp³-hybridized carbons (Fsp3) is 0.154. The number of halogens is 2. The molecule has 18 heavy (non-hydrogen) atoms. The lowest BCUT2D eigenvalue weighted by atomic mass is 10.0. The maximum Gasteiger partial charge on any atom is 0.141 e. The molecule has 0 aliphatic carbocycles. The van der Waals surface area contributed by atoms with Gasteiger partial charge >= 0.3 is 0 Å². The maximum absolute atomic E-state index is 13.5. The smallest absolute Gasteiger partial charge is 0.141 e. The first-order chi connectivity index (χ1) is 8.61. The molecule has 3 N–H and O–H groups in total. The summed E-state index contributed by atoms with van der Waals surface area (Å²) >= 11 is 0. The van der Waals surface area contributed by atoms with Crippen LogP contribution < -0.4 is 11.3 Å². The van der Waals surface area contributed by atoms with Gasteiger partial charge in [0.1, 0.15) is 11.6 Å². The van der Waals surface area contributed by atoms with Crippen LogP contribution in [0.15, 0.2) is 36.5 Å². The van der Waals surface area contributed by atoms with E-state index in [2.05, 4.69) is 10.4 Å². The molecule has 0 aliphatic rings. The minimum absolute atomic E-state index is 0.310. The summed E-state index contributed by atoms with van der Waals surface area (Å²) in [4.78, 5) is 3.94. The fourth-order valence-corrected chi connectivity index (χ4v) is 1.70. The van der Waals surface area contributed by atoms with Crippen LogP contribution in [0, 0.1) is 18.6 Å². The zero-order valence-corrected chi connectivity index (χ0v) is 9.82. The highest BCUT2D eigenvalue weighted by molar-refractivity contribution is 5.31. The van der Waals surface area contributed by atoms with E-state index in [1.165, 1.54) is 18.2 Å². The number of pyridine rings is 1. The summed E-state index contributed by atoms with van der Waals surface area (Å²) in [5, 5.41) is 0. The van der Waals surface area contributed by atoms with E-state index >= 15 is 0 Å². The molecule has 1 heterocycles. The van der Waals surface area contributed by atoms with Crippen LogP contribution in [-0.4, -0.2) is 4.98 Å². The summed E-state index contributed by atoms with van der Waals surface area (Å²) in [6, 6.07) is 7.15. The zero-order valence-electron chi connectivity index (χ0n) is 9.82. The minimum atomic E-state index is -0.472. The Bertz CT molecular complexity index is 540. The van der Waals surface area contributed by atoms with Crippen molar-refractivity contribution in [2.24, 2.45) is 5.84 Å². The molecular formula is C13H13F2N3. The molecule has 0 bridgehead atoms. The van der Waals surface area contributed by atoms with Crippen molar-refractivity contribution in [2.45, 2.75) is 13.0 Å². The number of aryl methyl sites for hydroxylation is 1. The Morgan fingerprint density at radius 3 is 2.56 bits per heavy atom. The van der Waals surface area contributed by atoms with Crippen molar-refractivity contribution in [1.29, 1.82) is 0 Å². The summed E-state index contributed by atoms with van der Waals surface area (Å²) in [6.45, 7) is 1.68. The van der Waals surface area contributed by atoms with Crippen LogP contribution >= 0.6 is 0 Å². The number of nitrogens with zero attached hydrogens (tertiary/aromatic N) is 1. The second-order valence-corrected chi connectivity index (χ2v) is 4.01. The molecule has 2 rings (SSSR count). The van der Waals surface area contributed by atoms with Crippen LogP contribution in [0.25, 0.3) is 0 Å². The number of benzene rings is 1. The first-order valence-corrected chi connectivity index (χ1v) is 5.45. The monoisotopic (exact) mass is 249 g/mol. The fourth-order valence-electron chi connectivity index (χ4n) is 1.70. The molecule has 1 unspecified atom stereocenters. The number of hydrogen-bond donors (Lipinski definition) is 2. The van der Waals surface area contributed by atoms with Crippen molar-refractivity contribution >= 4 is 0 Å². The van der Waals surface area contributed by atoms with Gasteiger partial charge in [-0.15, -0.1) is 0 Å². The van der Waals surface area contributed by atoms with Gasteiger partial charge in [-0.25, -0.2) is 14.2 Å². The van der Waals surface area contributed by atoms with Crippen LogP contribution in [-0.2, 0) is 0 Å². The van der Waals surface area contributed by atoms with Crippen molar-refractivity contribution in [1.82, 2.24) is 10.4 Å². The average molecular weight is 249 g/mol. The normalized spacial score (nSPS) is 12.4. The van der Waals surface area contributed by atoms with Gasteiger partial charge in [0.25, 0.3) is 0 Å². The van der Waals surface area contributed by atoms with Crippen LogP contribution in [0.1, 0.15) is 22.9 Å². The van der Waals surface area contributed by atoms with Crippen molar-refractivity contribution in [3.63, 3.8) is 0 Å². The topological polar surface area (TPSA) is 50.9 Å². The predicted octanol–water partition coefficient (Wildman–Crippen LogP) is 2.22. The van der Waals surface area contributed by atoms with Crippen molar-refractivity contribution in [2.75, 3.05) is 0 Å². The molecule has 2 aromatic rings. The molecule has 3 nitrogen and oxygen atoms in total. The third-order valence-electron chi connectivity index (χ3n) is 2.74. The molecule has 0 aliphatic heterocycles. The Morgan fingerprint density at radius 1 is 1.22 bits per heavy atom. The molecule has 0 fully saturated rings. The number of hydrogen-bond acceptors (Lipinski definition) is 3. The molecule has 0 saturated carbocycles. The predicted molar refractivity (Wildman–Crippen MR) is 64.5 cm³/mol. The van der Waals surface area contributed by atoms with Gasteiger partial charge in [-0.05, 0) is 36.2 Å². The Labute approximate surface area is 104 Å². The Balaban J connectivity index is 2.38. The van der Waals surface area contributed by atoms with Gasteiger partial charge in [-0.1, -0.05) is 12.1 Å². The lowest BCUT2D eigenvalue weighted by molar-refractivity contribution is 0.584. The number of aromatic nitrogens is 1. The zero-order chi connectivity index (χ0) is 13.1. The summed E-state index contributed by atoms with van der Waals surface area (Å²) in [5.74, 6) is 4.72. The van der Waals surface area contributed by atoms with Gasteiger partial charge in [0.05, 0.1) is 17.9 Å². The molecule has 1 aromatic heterocycles. The third kappa shape index (κ3) is 2.52. The third-order valence-corrected chi connectivity index (χ3v) is 2.74. The highest BCUT2D eigenvalue weighted by Crippen LogP contribution is 2.21. The van der Waals surface area contributed by atoms with Crippen LogP contribution in [0.4, 0.5) is 8.78 Å². The van der Waals surface area contributed by atoms with E-state index < -0.39 is 11.9 Å². The largest absolute Gasteiger partial charge is 0.271 e. The lowest BCUT2D eigenvalue weighted by Crippen LogP contribution is -2.29. The second kappa shape index (κ2) is 5.20. The summed E-state index contributed by atoms with van der Waals surface area (Å²) in [6.07, 6.45) is 1.10. The summed E-state index contributed by atoms with van der Waals surface area (Å²) < 4.78 is 26.3. The van der Waals surface area contributed by atoms with Crippen LogP contribution in [0.3, 0.4) is 0 Å². The van der Waals surface area contributed by atoms with E-state index in [4.69, 9.17) is 5.84 Å². The Hall–Kier alpha value is -1.85. The molecule has 0 spiro atoms. The van der Waals surface area contributed by atoms with E-state index in [-0.39, 0.29) is 5.82 Å². The first-order valence-electron chi connectivity index (χ1n) is 5.45. The quantitative estimate of drug-likeness (QED) is 0.647. The molecular weight excluding hydrogens is 236 g/mol. The highest BCUT2D eigenvalue weighted by Gasteiger charge is 2.15. The van der Waals surface area contributed by atoms with Crippen LogP contribution in [0.2, 0.25) is 0 Å². The summed E-state index contributed by atoms with van der Waals surface area (Å²) in [7, 11) is 0. The van der Waals surface area contributed by atoms with Gasteiger partial charge in [-0.3, -0.25) is 10.8 Å². The SMILES string of the molecule is Cc1ccc(C(NN)c2ccc(F)cn2)cc1F. The van der Waals surface area contributed by atoms with Crippen molar-refractivity contribution in [3.05, 3.63) is 65.0 Å². The maximum atomic E-state index is 13.5. The molecule has 94 valence electrons. The second-order valence-electron chi connectivity index (χ2n) is 4.01. The number of hydrazine groups is 1. The number of nitrogens with two attached hydrogens (primary N) is 1. The lowest BCUT2D eigenvalue weighted by Gasteiger charge is -2.16. The molecule has 0 saturated heterocycles. The molecule has 5 heteroatoms. The average Bonchev–Trinajstić information content (AvgIpc) is 2.37. The Morgan fingerprint density at radius 2 is 2.00 bits per heavy atom. The molecule has 1 atom stereocenters. The van der Waals surface area contributed by atoms with E-state index in [0.717, 1.165) is 6.20 Å². The molecule has 0 radical (unpaired) electrons. The van der Waals surface area contributed by atoms with Gasteiger partial charge in [0.2, 0.25) is 0 Å². The van der Waals surface area contributed by atoms with Gasteiger partial charge in [0, 0.05) is 0 Å². The van der Waals surface area contributed by atoms with E-state index in [0.29, 0.717) is 16.8 Å². The minimum Gasteiger partial charge on any atom is -0.271 e. The van der Waals surface area contributed by atoms with Gasteiger partial charge in [0.15, 0.2) is 0 Å². The Kier molecular flexibility index (Phi) is 3.64. The number of nitrogens with one attached hydrogen (secondary N) is 1. The van der Waals surface area contributed by atoms with E-state index in [1.54, 1.807) is 19.1 Å².